The van der Waals surface area contributed by atoms with E-state index in [1.165, 1.54) is 0 Å². The number of amides is 3. The van der Waals surface area contributed by atoms with E-state index in [-0.39, 0.29) is 35.6 Å². The number of likely N-dealkylation sites (N-methyl/N-ethyl adjacent to an activating group) is 1. The predicted molar refractivity (Wildman–Crippen MR) is 166 cm³/mol. The molecule has 0 aromatic heterocycles. The Morgan fingerprint density at radius 1 is 0.867 bits per heavy atom. The van der Waals surface area contributed by atoms with Gasteiger partial charge in [-0.05, 0) is 61.2 Å². The van der Waals surface area contributed by atoms with Crippen LogP contribution >= 0.6 is 23.2 Å². The zero-order chi connectivity index (χ0) is 33.6. The number of carbonyl (C=O) groups excluding carboxylic acids is 3. The Bertz CT molecular complexity index is 1380. The first-order chi connectivity index (χ1) is 21.0. The molecule has 9 nitrogen and oxygen atoms in total. The molecule has 2 aromatic rings. The lowest BCUT2D eigenvalue weighted by Gasteiger charge is -2.44. The van der Waals surface area contributed by atoms with Crippen LogP contribution < -0.4 is 4.90 Å². The molecule has 2 aromatic carbocycles. The molecule has 0 bridgehead atoms. The van der Waals surface area contributed by atoms with Gasteiger partial charge < -0.3 is 24.7 Å². The first-order valence-corrected chi connectivity index (χ1v) is 15.1. The second kappa shape index (κ2) is 15.2. The highest BCUT2D eigenvalue weighted by atomic mass is 35.5. The van der Waals surface area contributed by atoms with Gasteiger partial charge in [0.15, 0.2) is 0 Å². The van der Waals surface area contributed by atoms with Gasteiger partial charge in [-0.25, -0.2) is 4.79 Å². The Balaban J connectivity index is 0.000000707. The van der Waals surface area contributed by atoms with Crippen molar-refractivity contribution in [2.45, 2.75) is 44.3 Å². The van der Waals surface area contributed by atoms with Gasteiger partial charge in [-0.3, -0.25) is 14.4 Å². The molecular weight excluding hydrogens is 636 g/mol. The van der Waals surface area contributed by atoms with E-state index in [0.29, 0.717) is 61.1 Å². The van der Waals surface area contributed by atoms with E-state index >= 15 is 0 Å². The zero-order valence-electron chi connectivity index (χ0n) is 25.5. The van der Waals surface area contributed by atoms with Crippen molar-refractivity contribution in [3.8, 4) is 0 Å². The van der Waals surface area contributed by atoms with Gasteiger partial charge >= 0.3 is 12.1 Å². The van der Waals surface area contributed by atoms with Gasteiger partial charge in [-0.1, -0.05) is 29.3 Å². The molecule has 2 fully saturated rings. The fraction of sp³-hybridized carbons (Fsp3) is 0.484. The van der Waals surface area contributed by atoms with Crippen molar-refractivity contribution in [2.24, 2.45) is 5.92 Å². The normalized spacial score (nSPS) is 18.9. The van der Waals surface area contributed by atoms with Gasteiger partial charge in [-0.2, -0.15) is 13.2 Å². The standard InChI is InChI=1S/C29H36Cl2N4O3.C2HF3O2/c1-19(36)34-14-11-21(12-15-34)29(38)35-16-13-27(24(18-35)22-7-10-25(30)26(31)17-22)33(4)28(37)20-5-8-23(9-6-20)32(2)3;3-2(4,5)1(6)7/h5-10,17,21,24,27H,11-16,18H2,1-4H3;(H,6,7). The highest BCUT2D eigenvalue weighted by molar-refractivity contribution is 6.42. The van der Waals surface area contributed by atoms with E-state index in [9.17, 15) is 27.6 Å². The summed E-state index contributed by atoms with van der Waals surface area (Å²) in [6.07, 6.45) is -3.07. The van der Waals surface area contributed by atoms with E-state index < -0.39 is 12.1 Å². The average molecular weight is 674 g/mol. The molecule has 2 saturated heterocycles. The number of hydrogen-bond donors (Lipinski definition) is 1. The number of likely N-dealkylation sites (tertiary alicyclic amines) is 2. The summed E-state index contributed by atoms with van der Waals surface area (Å²) in [7, 11) is 5.77. The first kappa shape index (κ1) is 36.0. The van der Waals surface area contributed by atoms with Crippen LogP contribution in [0.4, 0.5) is 18.9 Å². The molecule has 2 atom stereocenters. The quantitative estimate of drug-likeness (QED) is 0.456. The Hall–Kier alpha value is -3.51. The van der Waals surface area contributed by atoms with Crippen LogP contribution in [0.1, 0.15) is 48.0 Å². The fourth-order valence-corrected chi connectivity index (χ4v) is 5.94. The van der Waals surface area contributed by atoms with Crippen LogP contribution in [0.15, 0.2) is 42.5 Å². The molecule has 0 saturated carbocycles. The third-order valence-corrected chi connectivity index (χ3v) is 8.98. The number of carboxylic acid groups (broad SMARTS) is 1. The number of carboxylic acids is 1. The van der Waals surface area contributed by atoms with E-state index in [1.54, 1.807) is 17.9 Å². The average Bonchev–Trinajstić information content (AvgIpc) is 3.01. The maximum absolute atomic E-state index is 13.5. The van der Waals surface area contributed by atoms with Crippen LogP contribution in [0.5, 0.6) is 0 Å². The summed E-state index contributed by atoms with van der Waals surface area (Å²) in [5.74, 6) is -2.83. The lowest BCUT2D eigenvalue weighted by Crippen LogP contribution is -2.53. The Kier molecular flexibility index (Phi) is 12.1. The molecule has 14 heteroatoms. The third-order valence-electron chi connectivity index (χ3n) is 8.24. The SMILES string of the molecule is CC(=O)N1CCC(C(=O)N2CCC(N(C)C(=O)c3ccc(N(C)C)cc3)C(c3ccc(Cl)c(Cl)c3)C2)CC1.O=C(O)C(F)(F)F. The lowest BCUT2D eigenvalue weighted by molar-refractivity contribution is -0.192. The van der Waals surface area contributed by atoms with Crippen LogP contribution in [0.3, 0.4) is 0 Å². The molecule has 1 N–H and O–H groups in total. The van der Waals surface area contributed by atoms with Gasteiger partial charge in [0.25, 0.3) is 5.91 Å². The Morgan fingerprint density at radius 3 is 1.91 bits per heavy atom. The van der Waals surface area contributed by atoms with Crippen molar-refractivity contribution >= 4 is 52.6 Å². The topological polar surface area (TPSA) is 101 Å². The van der Waals surface area contributed by atoms with Crippen LogP contribution in [-0.4, -0.2) is 103 Å². The molecule has 2 unspecified atom stereocenters. The first-order valence-electron chi connectivity index (χ1n) is 14.3. The molecule has 2 aliphatic rings. The number of hydrogen-bond acceptors (Lipinski definition) is 5. The number of aliphatic carboxylic acids is 1. The Morgan fingerprint density at radius 2 is 1.42 bits per heavy atom. The van der Waals surface area contributed by atoms with Crippen LogP contribution in [0.2, 0.25) is 10.0 Å². The lowest BCUT2D eigenvalue weighted by atomic mass is 9.83. The predicted octanol–water partition coefficient (Wildman–Crippen LogP) is 5.41. The van der Waals surface area contributed by atoms with Gasteiger partial charge in [0.2, 0.25) is 11.8 Å². The van der Waals surface area contributed by atoms with Crippen molar-refractivity contribution in [1.82, 2.24) is 14.7 Å². The molecular formula is C31H37Cl2F3N4O5. The second-order valence-electron chi connectivity index (χ2n) is 11.4. The number of piperidine rings is 2. The fourth-order valence-electron chi connectivity index (χ4n) is 5.63. The summed E-state index contributed by atoms with van der Waals surface area (Å²) >= 11 is 12.6. The molecule has 2 aliphatic heterocycles. The Labute approximate surface area is 270 Å². The summed E-state index contributed by atoms with van der Waals surface area (Å²) in [5.41, 5.74) is 2.61. The summed E-state index contributed by atoms with van der Waals surface area (Å²) < 4.78 is 31.7. The highest BCUT2D eigenvalue weighted by Gasteiger charge is 2.39. The van der Waals surface area contributed by atoms with E-state index in [0.717, 1.165) is 11.3 Å². The summed E-state index contributed by atoms with van der Waals surface area (Å²) in [6, 6.07) is 13.0. The van der Waals surface area contributed by atoms with Crippen molar-refractivity contribution in [2.75, 3.05) is 52.2 Å². The number of anilines is 1. The minimum absolute atomic E-state index is 0.0539. The van der Waals surface area contributed by atoms with Crippen LogP contribution in [-0.2, 0) is 14.4 Å². The zero-order valence-corrected chi connectivity index (χ0v) is 27.0. The van der Waals surface area contributed by atoms with Gasteiger partial charge in [0.1, 0.15) is 0 Å². The number of halogens is 5. The van der Waals surface area contributed by atoms with Crippen molar-refractivity contribution in [3.05, 3.63) is 63.6 Å². The van der Waals surface area contributed by atoms with Crippen LogP contribution in [0.25, 0.3) is 0 Å². The molecule has 0 aliphatic carbocycles. The maximum Gasteiger partial charge on any atom is 0.490 e. The van der Waals surface area contributed by atoms with Gasteiger partial charge in [0, 0.05) is 83.4 Å². The van der Waals surface area contributed by atoms with E-state index in [4.69, 9.17) is 33.1 Å². The molecule has 0 spiro atoms. The number of carbonyl (C=O) groups is 4. The largest absolute Gasteiger partial charge is 0.490 e. The van der Waals surface area contributed by atoms with E-state index in [1.807, 2.05) is 72.2 Å². The highest BCUT2D eigenvalue weighted by Crippen LogP contribution is 2.35. The molecule has 3 amide bonds. The molecule has 246 valence electrons. The third kappa shape index (κ3) is 9.26. The summed E-state index contributed by atoms with van der Waals surface area (Å²) in [5, 5.41) is 8.05. The minimum Gasteiger partial charge on any atom is -0.475 e. The maximum atomic E-state index is 13.5. The number of rotatable bonds is 5. The second-order valence-corrected chi connectivity index (χ2v) is 12.2. The molecule has 4 rings (SSSR count). The van der Waals surface area contributed by atoms with Gasteiger partial charge in [0.05, 0.1) is 10.0 Å². The van der Waals surface area contributed by atoms with Crippen molar-refractivity contribution < 1.29 is 37.5 Å². The smallest absolute Gasteiger partial charge is 0.475 e. The summed E-state index contributed by atoms with van der Waals surface area (Å²) in [6.45, 7) is 3.87. The summed E-state index contributed by atoms with van der Waals surface area (Å²) in [4.78, 5) is 55.2. The van der Waals surface area contributed by atoms with Crippen molar-refractivity contribution in [1.29, 1.82) is 0 Å². The van der Waals surface area contributed by atoms with Crippen molar-refractivity contribution in [3.63, 3.8) is 0 Å². The number of nitrogens with zero attached hydrogens (tertiary/aromatic N) is 4. The monoisotopic (exact) mass is 672 g/mol. The van der Waals surface area contributed by atoms with E-state index in [2.05, 4.69) is 0 Å². The molecule has 2 heterocycles. The molecule has 45 heavy (non-hydrogen) atoms. The van der Waals surface area contributed by atoms with Crippen LogP contribution in [0, 0.1) is 5.92 Å². The van der Waals surface area contributed by atoms with Gasteiger partial charge in [-0.15, -0.1) is 0 Å². The number of alkyl halides is 3. The minimum atomic E-state index is -5.08. The molecule has 0 radical (unpaired) electrons. The number of benzene rings is 2.